The van der Waals surface area contributed by atoms with Gasteiger partial charge in [0.2, 0.25) is 12.7 Å². The zero-order valence-corrected chi connectivity index (χ0v) is 15.5. The van der Waals surface area contributed by atoms with Crippen LogP contribution < -0.4 is 9.47 Å². The first-order valence-corrected chi connectivity index (χ1v) is 9.72. The summed E-state index contributed by atoms with van der Waals surface area (Å²) in [6.45, 7) is 2.16. The summed E-state index contributed by atoms with van der Waals surface area (Å²) in [7, 11) is 0. The summed E-state index contributed by atoms with van der Waals surface area (Å²) in [5.74, 6) is 1.62. The Hall–Kier alpha value is -3.02. The first-order chi connectivity index (χ1) is 13.7. The van der Waals surface area contributed by atoms with Crippen LogP contribution in [0.2, 0.25) is 0 Å². The summed E-state index contributed by atoms with van der Waals surface area (Å²) in [4.78, 5) is 30.0. The Bertz CT molecular complexity index is 914. The van der Waals surface area contributed by atoms with Crippen LogP contribution in [-0.2, 0) is 11.3 Å². The number of fused-ring (bicyclic) bond motifs is 3. The van der Waals surface area contributed by atoms with Crippen LogP contribution in [0.1, 0.15) is 28.8 Å². The smallest absolute Gasteiger partial charge is 0.254 e. The third-order valence-corrected chi connectivity index (χ3v) is 5.88. The molecule has 2 aromatic rings. The number of rotatable bonds is 3. The van der Waals surface area contributed by atoms with Crippen LogP contribution in [0.25, 0.3) is 0 Å². The number of likely N-dealkylation sites (tertiary alicyclic amines) is 2. The van der Waals surface area contributed by atoms with E-state index in [-0.39, 0.29) is 24.6 Å². The normalized spacial score (nSPS) is 23.1. The second-order valence-electron chi connectivity index (χ2n) is 7.68. The third kappa shape index (κ3) is 2.99. The molecule has 3 heterocycles. The van der Waals surface area contributed by atoms with Gasteiger partial charge in [0.1, 0.15) is 6.04 Å². The van der Waals surface area contributed by atoms with Crippen LogP contribution >= 0.6 is 0 Å². The van der Waals surface area contributed by atoms with E-state index in [1.54, 1.807) is 23.1 Å². The van der Waals surface area contributed by atoms with Crippen LogP contribution in [0.15, 0.2) is 48.5 Å². The molecule has 0 aliphatic carbocycles. The lowest BCUT2D eigenvalue weighted by Gasteiger charge is -2.46. The summed E-state index contributed by atoms with van der Waals surface area (Å²) in [6, 6.07) is 14.9. The number of ether oxygens (including phenoxy) is 2. The molecule has 2 bridgehead atoms. The van der Waals surface area contributed by atoms with Gasteiger partial charge in [0.25, 0.3) is 5.91 Å². The molecule has 3 aliphatic heterocycles. The van der Waals surface area contributed by atoms with Gasteiger partial charge in [-0.1, -0.05) is 30.3 Å². The molecule has 6 heteroatoms. The topological polar surface area (TPSA) is 59.1 Å². The van der Waals surface area contributed by atoms with Crippen molar-refractivity contribution in [2.75, 3.05) is 19.9 Å². The summed E-state index contributed by atoms with van der Waals surface area (Å²) < 4.78 is 10.7. The quantitative estimate of drug-likeness (QED) is 0.824. The molecular weight excluding hydrogens is 356 g/mol. The Morgan fingerprint density at radius 1 is 1.07 bits per heavy atom. The average molecular weight is 378 g/mol. The fourth-order valence-corrected chi connectivity index (χ4v) is 4.44. The second kappa shape index (κ2) is 6.86. The maximum absolute atomic E-state index is 13.2. The van der Waals surface area contributed by atoms with Crippen molar-refractivity contribution in [2.45, 2.75) is 25.4 Å². The van der Waals surface area contributed by atoms with E-state index in [1.165, 1.54) is 0 Å². The molecule has 0 saturated carbocycles. The molecule has 2 fully saturated rings. The third-order valence-electron chi connectivity index (χ3n) is 5.88. The fraction of sp³-hybridized carbons (Fsp3) is 0.364. The number of hydrogen-bond donors (Lipinski definition) is 0. The first kappa shape index (κ1) is 17.1. The molecule has 2 amide bonds. The maximum atomic E-state index is 13.2. The maximum Gasteiger partial charge on any atom is 0.254 e. The number of amides is 2. The minimum atomic E-state index is -0.380. The minimum absolute atomic E-state index is 0.0499. The summed E-state index contributed by atoms with van der Waals surface area (Å²) in [5, 5.41) is 0. The van der Waals surface area contributed by atoms with Crippen molar-refractivity contribution in [3.63, 3.8) is 0 Å². The van der Waals surface area contributed by atoms with E-state index < -0.39 is 0 Å². The van der Waals surface area contributed by atoms with Crippen LogP contribution in [0.3, 0.4) is 0 Å². The average Bonchev–Trinajstić information content (AvgIpc) is 3.20. The second-order valence-corrected chi connectivity index (χ2v) is 7.68. The molecule has 144 valence electrons. The van der Waals surface area contributed by atoms with Crippen molar-refractivity contribution in [1.82, 2.24) is 9.80 Å². The number of piperidine rings is 2. The fourth-order valence-electron chi connectivity index (χ4n) is 4.44. The Morgan fingerprint density at radius 2 is 1.89 bits per heavy atom. The molecule has 0 N–H and O–H groups in total. The molecule has 0 spiro atoms. The molecule has 0 radical (unpaired) electrons. The Morgan fingerprint density at radius 3 is 2.75 bits per heavy atom. The molecule has 2 aromatic carbocycles. The van der Waals surface area contributed by atoms with E-state index in [1.807, 2.05) is 35.2 Å². The van der Waals surface area contributed by atoms with Crippen molar-refractivity contribution in [2.24, 2.45) is 5.92 Å². The number of carbonyl (C=O) groups is 2. The van der Waals surface area contributed by atoms with Crippen molar-refractivity contribution in [3.05, 3.63) is 59.7 Å². The lowest BCUT2D eigenvalue weighted by molar-refractivity contribution is -0.144. The molecule has 0 unspecified atom stereocenters. The van der Waals surface area contributed by atoms with Crippen molar-refractivity contribution in [1.29, 1.82) is 0 Å². The van der Waals surface area contributed by atoms with Crippen LogP contribution in [-0.4, -0.2) is 47.5 Å². The lowest BCUT2D eigenvalue weighted by Crippen LogP contribution is -2.59. The van der Waals surface area contributed by atoms with Crippen LogP contribution in [0.5, 0.6) is 11.5 Å². The van der Waals surface area contributed by atoms with E-state index in [0.717, 1.165) is 24.9 Å². The molecule has 5 rings (SSSR count). The standard InChI is InChI=1S/C22H22N2O4/c25-21(17-6-7-19-20(11-17)28-14-27-19)24-9-8-16-10-18(24)22(26)23(13-16)12-15-4-2-1-3-5-15/h1-7,11,16,18H,8-10,12-14H2/t16-,18+/m0/s1. The summed E-state index contributed by atoms with van der Waals surface area (Å²) >= 11 is 0. The van der Waals surface area contributed by atoms with Crippen molar-refractivity contribution < 1.29 is 19.1 Å². The van der Waals surface area contributed by atoms with Gasteiger partial charge in [0.05, 0.1) is 0 Å². The number of benzene rings is 2. The Balaban J connectivity index is 1.36. The Kier molecular flexibility index (Phi) is 4.19. The number of hydrogen-bond acceptors (Lipinski definition) is 4. The molecule has 3 aliphatic rings. The predicted molar refractivity (Wildman–Crippen MR) is 102 cm³/mol. The minimum Gasteiger partial charge on any atom is -0.454 e. The number of carbonyl (C=O) groups excluding carboxylic acids is 2. The molecule has 2 saturated heterocycles. The highest BCUT2D eigenvalue weighted by Crippen LogP contribution is 2.35. The summed E-state index contributed by atoms with van der Waals surface area (Å²) in [5.41, 5.74) is 1.65. The first-order valence-electron chi connectivity index (χ1n) is 9.72. The van der Waals surface area contributed by atoms with Gasteiger partial charge in [-0.25, -0.2) is 0 Å². The van der Waals surface area contributed by atoms with Gasteiger partial charge in [-0.15, -0.1) is 0 Å². The van der Waals surface area contributed by atoms with E-state index in [9.17, 15) is 9.59 Å². The largest absolute Gasteiger partial charge is 0.454 e. The highest BCUT2D eigenvalue weighted by molar-refractivity contribution is 5.98. The van der Waals surface area contributed by atoms with Gasteiger partial charge in [0, 0.05) is 25.2 Å². The molecule has 6 nitrogen and oxygen atoms in total. The van der Waals surface area contributed by atoms with E-state index in [2.05, 4.69) is 0 Å². The zero-order chi connectivity index (χ0) is 19.1. The van der Waals surface area contributed by atoms with Crippen LogP contribution in [0, 0.1) is 5.92 Å². The van der Waals surface area contributed by atoms with Gasteiger partial charge in [-0.3, -0.25) is 9.59 Å². The lowest BCUT2D eigenvalue weighted by atomic mass is 9.85. The summed E-state index contributed by atoms with van der Waals surface area (Å²) in [6.07, 6.45) is 1.67. The van der Waals surface area contributed by atoms with Gasteiger partial charge < -0.3 is 19.3 Å². The van der Waals surface area contributed by atoms with Crippen molar-refractivity contribution >= 4 is 11.8 Å². The van der Waals surface area contributed by atoms with Gasteiger partial charge in [-0.05, 0) is 42.5 Å². The highest BCUT2D eigenvalue weighted by Gasteiger charge is 2.43. The van der Waals surface area contributed by atoms with Gasteiger partial charge >= 0.3 is 0 Å². The number of nitrogens with zero attached hydrogens (tertiary/aromatic N) is 2. The van der Waals surface area contributed by atoms with Crippen molar-refractivity contribution in [3.8, 4) is 11.5 Å². The Labute approximate surface area is 163 Å². The predicted octanol–water partition coefficient (Wildman–Crippen LogP) is 2.68. The zero-order valence-electron chi connectivity index (χ0n) is 15.5. The van der Waals surface area contributed by atoms with E-state index in [4.69, 9.17) is 9.47 Å². The SMILES string of the molecule is O=C1[C@H]2C[C@H](CCN2C(=O)c2ccc3c(c2)OCO3)CN1Cc1ccccc1. The van der Waals surface area contributed by atoms with Gasteiger partial charge in [0.15, 0.2) is 11.5 Å². The molecule has 2 atom stereocenters. The van der Waals surface area contributed by atoms with E-state index >= 15 is 0 Å². The molecule has 28 heavy (non-hydrogen) atoms. The van der Waals surface area contributed by atoms with Crippen LogP contribution in [0.4, 0.5) is 0 Å². The van der Waals surface area contributed by atoms with Gasteiger partial charge in [-0.2, -0.15) is 0 Å². The highest BCUT2D eigenvalue weighted by atomic mass is 16.7. The monoisotopic (exact) mass is 378 g/mol. The van der Waals surface area contributed by atoms with E-state index in [0.29, 0.717) is 36.1 Å². The molecular formula is C22H22N2O4. The molecule has 0 aromatic heterocycles.